The lowest BCUT2D eigenvalue weighted by Gasteiger charge is -2.08. The third-order valence-corrected chi connectivity index (χ3v) is 2.79. The Labute approximate surface area is 104 Å². The first-order valence-corrected chi connectivity index (χ1v) is 6.36. The molecule has 1 aromatic heterocycles. The molecule has 0 saturated heterocycles. The standard InChI is InChI=1S/C13H25N3O/c1-11(2)8-14-9-13-10-15-16(12(13)3)6-5-7-17-4/h10-11,14H,5-9H2,1-4H3. The maximum Gasteiger partial charge on any atom is 0.0537 e. The van der Waals surface area contributed by atoms with Crippen molar-refractivity contribution in [2.75, 3.05) is 20.3 Å². The monoisotopic (exact) mass is 239 g/mol. The third kappa shape index (κ3) is 4.88. The summed E-state index contributed by atoms with van der Waals surface area (Å²) >= 11 is 0. The largest absolute Gasteiger partial charge is 0.385 e. The van der Waals surface area contributed by atoms with Crippen LogP contribution in [0.4, 0.5) is 0 Å². The maximum absolute atomic E-state index is 5.05. The summed E-state index contributed by atoms with van der Waals surface area (Å²) in [5.74, 6) is 0.687. The Morgan fingerprint density at radius 1 is 1.47 bits per heavy atom. The minimum atomic E-state index is 0.687. The molecule has 1 N–H and O–H groups in total. The molecule has 1 aromatic rings. The highest BCUT2D eigenvalue weighted by Gasteiger charge is 2.05. The van der Waals surface area contributed by atoms with Gasteiger partial charge in [-0.2, -0.15) is 5.10 Å². The number of rotatable bonds is 8. The Morgan fingerprint density at radius 2 is 2.24 bits per heavy atom. The van der Waals surface area contributed by atoms with E-state index in [9.17, 15) is 0 Å². The lowest BCUT2D eigenvalue weighted by Crippen LogP contribution is -2.19. The summed E-state index contributed by atoms with van der Waals surface area (Å²) in [6.45, 7) is 10.3. The van der Waals surface area contributed by atoms with E-state index in [1.54, 1.807) is 7.11 Å². The van der Waals surface area contributed by atoms with Gasteiger partial charge in [0.2, 0.25) is 0 Å². The Balaban J connectivity index is 2.40. The molecule has 0 unspecified atom stereocenters. The summed E-state index contributed by atoms with van der Waals surface area (Å²) in [5, 5.41) is 7.85. The maximum atomic E-state index is 5.05. The zero-order valence-electron chi connectivity index (χ0n) is 11.5. The molecule has 4 heteroatoms. The van der Waals surface area contributed by atoms with Crippen molar-refractivity contribution in [2.45, 2.75) is 40.3 Å². The molecular weight excluding hydrogens is 214 g/mol. The number of aromatic nitrogens is 2. The van der Waals surface area contributed by atoms with Crippen LogP contribution in [0.25, 0.3) is 0 Å². The predicted octanol–water partition coefficient (Wildman–Crippen LogP) is 1.97. The van der Waals surface area contributed by atoms with Crippen LogP contribution in [0, 0.1) is 12.8 Å². The van der Waals surface area contributed by atoms with Crippen LogP contribution in [0.2, 0.25) is 0 Å². The van der Waals surface area contributed by atoms with E-state index < -0.39 is 0 Å². The molecule has 0 fully saturated rings. The lowest BCUT2D eigenvalue weighted by molar-refractivity contribution is 0.188. The van der Waals surface area contributed by atoms with Crippen molar-refractivity contribution >= 4 is 0 Å². The van der Waals surface area contributed by atoms with Gasteiger partial charge in [0, 0.05) is 38.1 Å². The van der Waals surface area contributed by atoms with E-state index in [-0.39, 0.29) is 0 Å². The SMILES string of the molecule is COCCCn1ncc(CNCC(C)C)c1C. The van der Waals surface area contributed by atoms with Crippen LogP contribution in [0.5, 0.6) is 0 Å². The molecule has 17 heavy (non-hydrogen) atoms. The molecule has 1 rings (SSSR count). The van der Waals surface area contributed by atoms with E-state index in [2.05, 4.69) is 35.9 Å². The molecule has 0 amide bonds. The average molecular weight is 239 g/mol. The van der Waals surface area contributed by atoms with Crippen LogP contribution in [0.1, 0.15) is 31.5 Å². The van der Waals surface area contributed by atoms with Crippen molar-refractivity contribution in [3.63, 3.8) is 0 Å². The number of methoxy groups -OCH3 is 1. The van der Waals surface area contributed by atoms with Crippen LogP contribution >= 0.6 is 0 Å². The smallest absolute Gasteiger partial charge is 0.0537 e. The molecule has 0 aliphatic heterocycles. The highest BCUT2D eigenvalue weighted by Crippen LogP contribution is 2.07. The van der Waals surface area contributed by atoms with E-state index in [1.807, 2.05) is 6.20 Å². The summed E-state index contributed by atoms with van der Waals surface area (Å²) in [5.41, 5.74) is 2.56. The number of ether oxygens (including phenoxy) is 1. The highest BCUT2D eigenvalue weighted by molar-refractivity contribution is 5.15. The van der Waals surface area contributed by atoms with Gasteiger partial charge in [-0.1, -0.05) is 13.8 Å². The Bertz CT molecular complexity index is 320. The molecule has 0 radical (unpaired) electrons. The molecule has 98 valence electrons. The molecule has 0 saturated carbocycles. The van der Waals surface area contributed by atoms with Gasteiger partial charge in [0.25, 0.3) is 0 Å². The van der Waals surface area contributed by atoms with Crippen LogP contribution in [0.3, 0.4) is 0 Å². The van der Waals surface area contributed by atoms with Gasteiger partial charge < -0.3 is 10.1 Å². The Kier molecular flexibility index (Phi) is 6.22. The fraction of sp³-hybridized carbons (Fsp3) is 0.769. The second-order valence-corrected chi connectivity index (χ2v) is 4.85. The van der Waals surface area contributed by atoms with Crippen molar-refractivity contribution in [1.82, 2.24) is 15.1 Å². The van der Waals surface area contributed by atoms with Crippen LogP contribution < -0.4 is 5.32 Å². The second-order valence-electron chi connectivity index (χ2n) is 4.85. The molecule has 4 nitrogen and oxygen atoms in total. The molecule has 0 atom stereocenters. The third-order valence-electron chi connectivity index (χ3n) is 2.79. The van der Waals surface area contributed by atoms with Crippen LogP contribution in [-0.2, 0) is 17.8 Å². The van der Waals surface area contributed by atoms with Gasteiger partial charge in [-0.15, -0.1) is 0 Å². The number of nitrogens with one attached hydrogen (secondary N) is 1. The zero-order chi connectivity index (χ0) is 12.7. The van der Waals surface area contributed by atoms with Crippen molar-refractivity contribution in [2.24, 2.45) is 5.92 Å². The van der Waals surface area contributed by atoms with Crippen molar-refractivity contribution in [3.05, 3.63) is 17.5 Å². The van der Waals surface area contributed by atoms with Gasteiger partial charge in [0.1, 0.15) is 0 Å². The topological polar surface area (TPSA) is 39.1 Å². The van der Waals surface area contributed by atoms with E-state index in [0.29, 0.717) is 5.92 Å². The van der Waals surface area contributed by atoms with Gasteiger partial charge in [-0.25, -0.2) is 0 Å². The van der Waals surface area contributed by atoms with Gasteiger partial charge in [0.05, 0.1) is 6.20 Å². The van der Waals surface area contributed by atoms with Crippen LogP contribution in [-0.4, -0.2) is 30.0 Å². The first kappa shape index (κ1) is 14.2. The predicted molar refractivity (Wildman–Crippen MR) is 70.0 cm³/mol. The minimum absolute atomic E-state index is 0.687. The molecule has 0 aliphatic rings. The number of hydrogen-bond acceptors (Lipinski definition) is 3. The normalized spacial score (nSPS) is 11.4. The summed E-state index contributed by atoms with van der Waals surface area (Å²) in [4.78, 5) is 0. The summed E-state index contributed by atoms with van der Waals surface area (Å²) in [6, 6.07) is 0. The number of nitrogens with zero attached hydrogens (tertiary/aromatic N) is 2. The van der Waals surface area contributed by atoms with Gasteiger partial charge >= 0.3 is 0 Å². The zero-order valence-corrected chi connectivity index (χ0v) is 11.5. The first-order chi connectivity index (χ1) is 8.15. The lowest BCUT2D eigenvalue weighted by atomic mass is 10.2. The van der Waals surface area contributed by atoms with Crippen LogP contribution in [0.15, 0.2) is 6.20 Å². The summed E-state index contributed by atoms with van der Waals surface area (Å²) < 4.78 is 7.11. The van der Waals surface area contributed by atoms with Gasteiger partial charge in [0.15, 0.2) is 0 Å². The number of hydrogen-bond donors (Lipinski definition) is 1. The second kappa shape index (κ2) is 7.45. The van der Waals surface area contributed by atoms with Crippen molar-refractivity contribution in [1.29, 1.82) is 0 Å². The molecule has 0 bridgehead atoms. The van der Waals surface area contributed by atoms with Gasteiger partial charge in [-0.3, -0.25) is 4.68 Å². The summed E-state index contributed by atoms with van der Waals surface area (Å²) in [6.07, 6.45) is 2.98. The Hall–Kier alpha value is -0.870. The average Bonchev–Trinajstić information content (AvgIpc) is 2.61. The van der Waals surface area contributed by atoms with E-state index in [4.69, 9.17) is 4.74 Å². The fourth-order valence-electron chi connectivity index (χ4n) is 1.74. The minimum Gasteiger partial charge on any atom is -0.385 e. The highest BCUT2D eigenvalue weighted by atomic mass is 16.5. The van der Waals surface area contributed by atoms with E-state index in [1.165, 1.54) is 11.3 Å². The Morgan fingerprint density at radius 3 is 2.88 bits per heavy atom. The van der Waals surface area contributed by atoms with Crippen molar-refractivity contribution < 1.29 is 4.74 Å². The fourth-order valence-corrected chi connectivity index (χ4v) is 1.74. The summed E-state index contributed by atoms with van der Waals surface area (Å²) in [7, 11) is 1.73. The molecule has 0 aliphatic carbocycles. The molecular formula is C13H25N3O. The van der Waals surface area contributed by atoms with E-state index >= 15 is 0 Å². The van der Waals surface area contributed by atoms with Gasteiger partial charge in [-0.05, 0) is 25.8 Å². The van der Waals surface area contributed by atoms with E-state index in [0.717, 1.165) is 32.7 Å². The molecule has 0 spiro atoms. The number of aryl methyl sites for hydroxylation is 1. The first-order valence-electron chi connectivity index (χ1n) is 6.36. The molecule has 0 aromatic carbocycles. The molecule has 1 heterocycles. The quantitative estimate of drug-likeness (QED) is 0.705. The van der Waals surface area contributed by atoms with Crippen molar-refractivity contribution in [3.8, 4) is 0 Å².